The minimum absolute atomic E-state index is 0.0129. The average molecular weight is 367 g/mol. The fourth-order valence-electron chi connectivity index (χ4n) is 3.44. The summed E-state index contributed by atoms with van der Waals surface area (Å²) in [6.45, 7) is 7.77. The van der Waals surface area contributed by atoms with Crippen LogP contribution in [-0.2, 0) is 11.2 Å². The van der Waals surface area contributed by atoms with Crippen molar-refractivity contribution in [1.29, 1.82) is 0 Å². The molecule has 1 saturated heterocycles. The second-order valence-electron chi connectivity index (χ2n) is 6.95. The molecule has 2 aromatic rings. The number of benzene rings is 2. The highest BCUT2D eigenvalue weighted by Gasteiger charge is 2.16. The van der Waals surface area contributed by atoms with Gasteiger partial charge in [-0.1, -0.05) is 19.1 Å². The summed E-state index contributed by atoms with van der Waals surface area (Å²) in [5.74, 6) is 0.784. The smallest absolute Gasteiger partial charge is 0.228 e. The summed E-state index contributed by atoms with van der Waals surface area (Å²) < 4.78 is 5.14. The van der Waals surface area contributed by atoms with E-state index in [1.54, 1.807) is 7.11 Å². The second kappa shape index (κ2) is 9.42. The highest BCUT2D eigenvalue weighted by atomic mass is 16.5. The van der Waals surface area contributed by atoms with Gasteiger partial charge in [-0.3, -0.25) is 9.69 Å². The van der Waals surface area contributed by atoms with Gasteiger partial charge in [0.15, 0.2) is 0 Å². The van der Waals surface area contributed by atoms with Crippen LogP contribution in [0.5, 0.6) is 5.75 Å². The molecule has 0 atom stereocenters. The van der Waals surface area contributed by atoms with E-state index < -0.39 is 0 Å². The van der Waals surface area contributed by atoms with Crippen LogP contribution in [0.25, 0.3) is 0 Å². The molecule has 2 aromatic carbocycles. The van der Waals surface area contributed by atoms with Crippen molar-refractivity contribution in [2.45, 2.75) is 19.8 Å². The second-order valence-corrected chi connectivity index (χ2v) is 6.95. The summed E-state index contributed by atoms with van der Waals surface area (Å²) in [5.41, 5.74) is 3.02. The Labute approximate surface area is 161 Å². The maximum atomic E-state index is 12.3. The van der Waals surface area contributed by atoms with Crippen molar-refractivity contribution in [3.63, 3.8) is 0 Å². The quantitative estimate of drug-likeness (QED) is 0.815. The Morgan fingerprint density at radius 1 is 1.00 bits per heavy atom. The molecule has 5 nitrogen and oxygen atoms in total. The van der Waals surface area contributed by atoms with E-state index in [1.165, 1.54) is 18.7 Å². The largest absolute Gasteiger partial charge is 0.497 e. The lowest BCUT2D eigenvalue weighted by Crippen LogP contribution is -2.46. The van der Waals surface area contributed by atoms with Crippen LogP contribution in [0.1, 0.15) is 18.9 Å². The number of rotatable bonds is 7. The Kier molecular flexibility index (Phi) is 6.71. The summed E-state index contributed by atoms with van der Waals surface area (Å²) in [6, 6.07) is 15.7. The van der Waals surface area contributed by atoms with E-state index in [2.05, 4.69) is 34.2 Å². The zero-order valence-corrected chi connectivity index (χ0v) is 16.3. The first-order valence-corrected chi connectivity index (χ1v) is 9.68. The van der Waals surface area contributed by atoms with Crippen molar-refractivity contribution in [3.8, 4) is 5.75 Å². The molecular weight excluding hydrogens is 338 g/mol. The molecule has 1 N–H and O–H groups in total. The number of carbonyl (C=O) groups is 1. The molecule has 144 valence electrons. The summed E-state index contributed by atoms with van der Waals surface area (Å²) in [4.78, 5) is 17.2. The maximum Gasteiger partial charge on any atom is 0.228 e. The molecule has 1 aliphatic rings. The number of methoxy groups -OCH3 is 1. The highest BCUT2D eigenvalue weighted by Crippen LogP contribution is 2.20. The molecule has 3 rings (SSSR count). The number of hydrogen-bond acceptors (Lipinski definition) is 4. The first kappa shape index (κ1) is 19.2. The van der Waals surface area contributed by atoms with E-state index in [1.807, 2.05) is 36.4 Å². The number of anilines is 2. The minimum atomic E-state index is -0.0129. The van der Waals surface area contributed by atoms with Crippen LogP contribution >= 0.6 is 0 Å². The highest BCUT2D eigenvalue weighted by molar-refractivity contribution is 5.92. The molecule has 0 unspecified atom stereocenters. The van der Waals surface area contributed by atoms with Gasteiger partial charge in [0.05, 0.1) is 13.5 Å². The molecule has 0 aliphatic carbocycles. The summed E-state index contributed by atoms with van der Waals surface area (Å²) >= 11 is 0. The molecule has 0 bridgehead atoms. The lowest BCUT2D eigenvalue weighted by Gasteiger charge is -2.36. The third-order valence-corrected chi connectivity index (χ3v) is 4.95. The zero-order valence-electron chi connectivity index (χ0n) is 16.3. The number of amides is 1. The van der Waals surface area contributed by atoms with Gasteiger partial charge < -0.3 is 15.0 Å². The van der Waals surface area contributed by atoms with Crippen molar-refractivity contribution in [2.24, 2.45) is 0 Å². The summed E-state index contributed by atoms with van der Waals surface area (Å²) in [6.07, 6.45) is 1.57. The predicted octanol–water partition coefficient (Wildman–Crippen LogP) is 3.41. The number of nitrogens with one attached hydrogen (secondary N) is 1. The van der Waals surface area contributed by atoms with Crippen LogP contribution in [0, 0.1) is 0 Å². The van der Waals surface area contributed by atoms with Gasteiger partial charge in [0.25, 0.3) is 0 Å². The van der Waals surface area contributed by atoms with Gasteiger partial charge in [0.1, 0.15) is 5.75 Å². The zero-order chi connectivity index (χ0) is 19.1. The third-order valence-electron chi connectivity index (χ3n) is 4.95. The van der Waals surface area contributed by atoms with Gasteiger partial charge in [-0.2, -0.15) is 0 Å². The minimum Gasteiger partial charge on any atom is -0.497 e. The lowest BCUT2D eigenvalue weighted by atomic mass is 10.1. The number of hydrogen-bond donors (Lipinski definition) is 1. The molecule has 1 aliphatic heterocycles. The lowest BCUT2D eigenvalue weighted by molar-refractivity contribution is -0.115. The standard InChI is InChI=1S/C22H29N3O2/c1-3-12-24-13-15-25(16-14-24)20-8-6-19(7-9-20)23-22(26)17-18-4-10-21(27-2)11-5-18/h4-11H,3,12-17H2,1-2H3,(H,23,26). The summed E-state index contributed by atoms with van der Waals surface area (Å²) in [7, 11) is 1.64. The predicted molar refractivity (Wildman–Crippen MR) is 111 cm³/mol. The maximum absolute atomic E-state index is 12.3. The molecule has 0 spiro atoms. The number of piperazine rings is 1. The van der Waals surface area contributed by atoms with Crippen LogP contribution in [-0.4, -0.2) is 50.6 Å². The van der Waals surface area contributed by atoms with E-state index in [9.17, 15) is 4.79 Å². The Morgan fingerprint density at radius 3 is 2.26 bits per heavy atom. The molecule has 0 radical (unpaired) electrons. The summed E-state index contributed by atoms with van der Waals surface area (Å²) in [5, 5.41) is 2.98. The van der Waals surface area contributed by atoms with E-state index >= 15 is 0 Å². The van der Waals surface area contributed by atoms with Crippen molar-refractivity contribution in [2.75, 3.05) is 50.1 Å². The Hall–Kier alpha value is -2.53. The molecular formula is C22H29N3O2. The third kappa shape index (κ3) is 5.47. The topological polar surface area (TPSA) is 44.8 Å². The van der Waals surface area contributed by atoms with Crippen LogP contribution in [0.15, 0.2) is 48.5 Å². The van der Waals surface area contributed by atoms with Gasteiger partial charge in [-0.15, -0.1) is 0 Å². The van der Waals surface area contributed by atoms with Gasteiger partial charge >= 0.3 is 0 Å². The molecule has 27 heavy (non-hydrogen) atoms. The van der Waals surface area contributed by atoms with Gasteiger partial charge in [-0.05, 0) is 54.9 Å². The SMILES string of the molecule is CCCN1CCN(c2ccc(NC(=O)Cc3ccc(OC)cc3)cc2)CC1. The van der Waals surface area contributed by atoms with Crippen LogP contribution in [0.2, 0.25) is 0 Å². The molecule has 5 heteroatoms. The monoisotopic (exact) mass is 367 g/mol. The van der Waals surface area contributed by atoms with Crippen LogP contribution < -0.4 is 15.0 Å². The fourth-order valence-corrected chi connectivity index (χ4v) is 3.44. The van der Waals surface area contributed by atoms with Gasteiger partial charge in [0, 0.05) is 37.6 Å². The van der Waals surface area contributed by atoms with E-state index in [-0.39, 0.29) is 5.91 Å². The van der Waals surface area contributed by atoms with E-state index in [4.69, 9.17) is 4.74 Å². The van der Waals surface area contributed by atoms with Crippen LogP contribution in [0.3, 0.4) is 0 Å². The van der Waals surface area contributed by atoms with Gasteiger partial charge in [-0.25, -0.2) is 0 Å². The molecule has 0 aromatic heterocycles. The fraction of sp³-hybridized carbons (Fsp3) is 0.409. The van der Waals surface area contributed by atoms with Gasteiger partial charge in [0.2, 0.25) is 5.91 Å². The number of ether oxygens (including phenoxy) is 1. The molecule has 1 heterocycles. The van der Waals surface area contributed by atoms with Crippen molar-refractivity contribution < 1.29 is 9.53 Å². The first-order valence-electron chi connectivity index (χ1n) is 9.68. The average Bonchev–Trinajstić information content (AvgIpc) is 2.70. The normalized spacial score (nSPS) is 14.8. The number of carbonyl (C=O) groups excluding carboxylic acids is 1. The van der Waals surface area contributed by atoms with Crippen molar-refractivity contribution in [3.05, 3.63) is 54.1 Å². The Balaban J connectivity index is 1.50. The van der Waals surface area contributed by atoms with Crippen molar-refractivity contribution >= 4 is 17.3 Å². The number of nitrogens with zero attached hydrogens (tertiary/aromatic N) is 2. The molecule has 0 saturated carbocycles. The molecule has 1 fully saturated rings. The van der Waals surface area contributed by atoms with E-state index in [0.29, 0.717) is 6.42 Å². The van der Waals surface area contributed by atoms with Crippen LogP contribution in [0.4, 0.5) is 11.4 Å². The first-order chi connectivity index (χ1) is 13.2. The van der Waals surface area contributed by atoms with Crippen molar-refractivity contribution in [1.82, 2.24) is 4.90 Å². The van der Waals surface area contributed by atoms with E-state index in [0.717, 1.165) is 43.2 Å². The Morgan fingerprint density at radius 2 is 1.67 bits per heavy atom. The molecule has 1 amide bonds. The Bertz CT molecular complexity index is 720.